The summed E-state index contributed by atoms with van der Waals surface area (Å²) in [5.41, 5.74) is 3.76. The molecule has 3 heterocycles. The molecule has 5 rings (SSSR count). The van der Waals surface area contributed by atoms with Gasteiger partial charge in [-0.25, -0.2) is 0 Å². The van der Waals surface area contributed by atoms with E-state index in [1.807, 2.05) is 54.6 Å². The van der Waals surface area contributed by atoms with Crippen LogP contribution in [-0.4, -0.2) is 57.7 Å². The van der Waals surface area contributed by atoms with Gasteiger partial charge >= 0.3 is 0 Å². The fourth-order valence-corrected chi connectivity index (χ4v) is 4.49. The number of imide groups is 1. The third kappa shape index (κ3) is 4.43. The average molecular weight is 439 g/mol. The fraction of sp³-hybridized carbons (Fsp3) is 0.222. The highest BCUT2D eigenvalue weighted by Gasteiger charge is 2.42. The number of pyridine rings is 1. The van der Waals surface area contributed by atoms with Crippen LogP contribution in [0.3, 0.4) is 0 Å². The first-order valence-corrected chi connectivity index (χ1v) is 11.3. The number of carbonyl (C=O) groups excluding carboxylic acids is 2. The Balaban J connectivity index is 1.39. The van der Waals surface area contributed by atoms with E-state index < -0.39 is 0 Å². The third-order valence-electron chi connectivity index (χ3n) is 6.19. The standard InChI is InChI=1S/C27H26N4O2/c32-26-24(22-11-5-2-6-12-22)25(27(33)31(26)20-23-13-7-8-14-28-23)30-17-15-29(16-18-30)19-21-9-3-1-4-10-21/h1-14H,15-20H2. The Bertz CT molecular complexity index is 1150. The number of benzene rings is 2. The average Bonchev–Trinajstić information content (AvgIpc) is 3.11. The van der Waals surface area contributed by atoms with Gasteiger partial charge in [-0.15, -0.1) is 0 Å². The lowest BCUT2D eigenvalue weighted by Crippen LogP contribution is -2.47. The Morgan fingerprint density at radius 3 is 2.03 bits per heavy atom. The molecule has 166 valence electrons. The maximum absolute atomic E-state index is 13.5. The molecule has 6 nitrogen and oxygen atoms in total. The summed E-state index contributed by atoms with van der Waals surface area (Å²) in [6, 6.07) is 25.5. The number of rotatable bonds is 6. The van der Waals surface area contributed by atoms with E-state index >= 15 is 0 Å². The summed E-state index contributed by atoms with van der Waals surface area (Å²) < 4.78 is 0. The zero-order valence-corrected chi connectivity index (χ0v) is 18.4. The second kappa shape index (κ2) is 9.38. The number of hydrogen-bond donors (Lipinski definition) is 0. The van der Waals surface area contributed by atoms with E-state index in [1.165, 1.54) is 10.5 Å². The Labute approximate surface area is 193 Å². The minimum absolute atomic E-state index is 0.173. The van der Waals surface area contributed by atoms with Crippen LogP contribution < -0.4 is 0 Å². The van der Waals surface area contributed by atoms with Gasteiger partial charge in [0.15, 0.2) is 0 Å². The summed E-state index contributed by atoms with van der Waals surface area (Å²) in [5, 5.41) is 0. The summed E-state index contributed by atoms with van der Waals surface area (Å²) in [4.78, 5) is 37.1. The summed E-state index contributed by atoms with van der Waals surface area (Å²) in [6.45, 7) is 4.14. The van der Waals surface area contributed by atoms with Crippen LogP contribution in [0.2, 0.25) is 0 Å². The first-order valence-electron chi connectivity index (χ1n) is 11.3. The highest BCUT2D eigenvalue weighted by molar-refractivity contribution is 6.35. The van der Waals surface area contributed by atoms with Gasteiger partial charge in [0.05, 0.1) is 17.8 Å². The number of amides is 2. The highest BCUT2D eigenvalue weighted by Crippen LogP contribution is 2.33. The molecule has 0 spiro atoms. The van der Waals surface area contributed by atoms with E-state index in [2.05, 4.69) is 39.0 Å². The van der Waals surface area contributed by atoms with E-state index in [0.717, 1.165) is 25.2 Å². The molecule has 0 aliphatic carbocycles. The van der Waals surface area contributed by atoms with Crippen LogP contribution in [0, 0.1) is 0 Å². The van der Waals surface area contributed by atoms with Crippen molar-refractivity contribution in [1.29, 1.82) is 0 Å². The molecule has 2 aliphatic rings. The molecule has 1 aromatic heterocycles. The normalized spacial score (nSPS) is 17.2. The van der Waals surface area contributed by atoms with Crippen LogP contribution >= 0.6 is 0 Å². The summed E-state index contributed by atoms with van der Waals surface area (Å²) in [5.74, 6) is -0.486. The van der Waals surface area contributed by atoms with Gasteiger partial charge in [0, 0.05) is 38.9 Å². The van der Waals surface area contributed by atoms with Crippen molar-refractivity contribution in [3.8, 4) is 0 Å². The molecule has 0 unspecified atom stereocenters. The molecule has 2 amide bonds. The monoisotopic (exact) mass is 438 g/mol. The van der Waals surface area contributed by atoms with Gasteiger partial charge in [0.1, 0.15) is 5.70 Å². The van der Waals surface area contributed by atoms with Gasteiger partial charge < -0.3 is 4.90 Å². The van der Waals surface area contributed by atoms with Crippen molar-refractivity contribution in [2.45, 2.75) is 13.1 Å². The molecular formula is C27H26N4O2. The van der Waals surface area contributed by atoms with Crippen LogP contribution in [-0.2, 0) is 22.7 Å². The second-order valence-corrected chi connectivity index (χ2v) is 8.36. The number of nitrogens with zero attached hydrogens (tertiary/aromatic N) is 4. The lowest BCUT2D eigenvalue weighted by molar-refractivity contribution is -0.138. The number of piperazine rings is 1. The van der Waals surface area contributed by atoms with Gasteiger partial charge in [0.2, 0.25) is 0 Å². The highest BCUT2D eigenvalue weighted by atomic mass is 16.2. The number of aromatic nitrogens is 1. The lowest BCUT2D eigenvalue weighted by atomic mass is 10.0. The predicted octanol–water partition coefficient (Wildman–Crippen LogP) is 3.18. The fourth-order valence-electron chi connectivity index (χ4n) is 4.49. The molecule has 0 bridgehead atoms. The van der Waals surface area contributed by atoms with Crippen LogP contribution in [0.1, 0.15) is 16.8 Å². The van der Waals surface area contributed by atoms with Crippen LogP contribution in [0.5, 0.6) is 0 Å². The molecule has 0 saturated carbocycles. The second-order valence-electron chi connectivity index (χ2n) is 8.36. The molecular weight excluding hydrogens is 412 g/mol. The van der Waals surface area contributed by atoms with Gasteiger partial charge in [-0.05, 0) is 23.3 Å². The molecule has 0 atom stereocenters. The van der Waals surface area contributed by atoms with Crippen LogP contribution in [0.15, 0.2) is 90.8 Å². The van der Waals surface area contributed by atoms with E-state index in [9.17, 15) is 9.59 Å². The number of carbonyl (C=O) groups is 2. The minimum atomic E-state index is -0.251. The molecule has 2 aliphatic heterocycles. The smallest absolute Gasteiger partial charge is 0.278 e. The molecule has 33 heavy (non-hydrogen) atoms. The molecule has 6 heteroatoms. The maximum atomic E-state index is 13.5. The van der Waals surface area contributed by atoms with Crippen molar-refractivity contribution in [2.75, 3.05) is 26.2 Å². The zero-order chi connectivity index (χ0) is 22.6. The molecule has 1 saturated heterocycles. The van der Waals surface area contributed by atoms with E-state index in [1.54, 1.807) is 6.20 Å². The third-order valence-corrected chi connectivity index (χ3v) is 6.19. The van der Waals surface area contributed by atoms with E-state index in [4.69, 9.17) is 0 Å². The van der Waals surface area contributed by atoms with Crippen molar-refractivity contribution < 1.29 is 9.59 Å². The molecule has 2 aromatic carbocycles. The first-order chi connectivity index (χ1) is 16.2. The van der Waals surface area contributed by atoms with E-state index in [0.29, 0.717) is 30.1 Å². The van der Waals surface area contributed by atoms with E-state index in [-0.39, 0.29) is 18.4 Å². The SMILES string of the molecule is O=C1C(c2ccccc2)=C(N2CCN(Cc3ccccc3)CC2)C(=O)N1Cc1ccccn1. The zero-order valence-electron chi connectivity index (χ0n) is 18.4. The molecule has 0 radical (unpaired) electrons. The quantitative estimate of drug-likeness (QED) is 0.554. The summed E-state index contributed by atoms with van der Waals surface area (Å²) >= 11 is 0. The molecule has 0 N–H and O–H groups in total. The maximum Gasteiger partial charge on any atom is 0.278 e. The first kappa shape index (κ1) is 21.1. The van der Waals surface area contributed by atoms with Gasteiger partial charge in [-0.3, -0.25) is 24.4 Å². The Kier molecular flexibility index (Phi) is 6.00. The lowest BCUT2D eigenvalue weighted by Gasteiger charge is -2.36. The van der Waals surface area contributed by atoms with Crippen molar-refractivity contribution in [1.82, 2.24) is 19.7 Å². The predicted molar refractivity (Wildman–Crippen MR) is 126 cm³/mol. The minimum Gasteiger partial charge on any atom is -0.364 e. The van der Waals surface area contributed by atoms with Crippen molar-refractivity contribution in [3.05, 3.63) is 108 Å². The van der Waals surface area contributed by atoms with Gasteiger partial charge in [0.25, 0.3) is 11.8 Å². The Hall–Kier alpha value is -3.77. The van der Waals surface area contributed by atoms with Gasteiger partial charge in [-0.1, -0.05) is 66.7 Å². The van der Waals surface area contributed by atoms with Crippen LogP contribution in [0.4, 0.5) is 0 Å². The van der Waals surface area contributed by atoms with Crippen molar-refractivity contribution in [2.24, 2.45) is 0 Å². The Morgan fingerprint density at radius 1 is 0.697 bits per heavy atom. The van der Waals surface area contributed by atoms with Crippen LogP contribution in [0.25, 0.3) is 5.57 Å². The summed E-state index contributed by atoms with van der Waals surface area (Å²) in [6.07, 6.45) is 1.68. The Morgan fingerprint density at radius 2 is 1.36 bits per heavy atom. The van der Waals surface area contributed by atoms with Gasteiger partial charge in [-0.2, -0.15) is 0 Å². The topological polar surface area (TPSA) is 56.8 Å². The van der Waals surface area contributed by atoms with Crippen molar-refractivity contribution >= 4 is 17.4 Å². The van der Waals surface area contributed by atoms with Crippen molar-refractivity contribution in [3.63, 3.8) is 0 Å². The largest absolute Gasteiger partial charge is 0.364 e. The molecule has 3 aromatic rings. The molecule has 1 fully saturated rings. The summed E-state index contributed by atoms with van der Waals surface area (Å²) in [7, 11) is 0. The number of hydrogen-bond acceptors (Lipinski definition) is 5.